The van der Waals surface area contributed by atoms with Crippen molar-refractivity contribution in [3.05, 3.63) is 132 Å². The Kier molecular flexibility index (Phi) is 4.25. The van der Waals surface area contributed by atoms with Crippen LogP contribution in [0.15, 0.2) is 120 Å². The highest BCUT2D eigenvalue weighted by Gasteiger charge is 2.54. The Morgan fingerprint density at radius 2 is 1.69 bits per heavy atom. The number of benzene rings is 3. The van der Waals surface area contributed by atoms with E-state index >= 15 is 0 Å². The summed E-state index contributed by atoms with van der Waals surface area (Å²) in [5.41, 5.74) is 2.83. The van der Waals surface area contributed by atoms with E-state index in [-0.39, 0.29) is 5.41 Å². The lowest BCUT2D eigenvalue weighted by Crippen LogP contribution is -2.58. The molecule has 0 radical (unpaired) electrons. The Hall–Kier alpha value is -3.72. The second-order valence-corrected chi connectivity index (χ2v) is 8.73. The van der Waals surface area contributed by atoms with Crippen LogP contribution in [0, 0.1) is 0 Å². The molecule has 1 fully saturated rings. The molecule has 0 amide bonds. The van der Waals surface area contributed by atoms with Gasteiger partial charge in [-0.25, -0.2) is 0 Å². The van der Waals surface area contributed by atoms with Crippen LogP contribution >= 0.6 is 0 Å². The zero-order chi connectivity index (χ0) is 21.6. The van der Waals surface area contributed by atoms with E-state index in [0.29, 0.717) is 6.61 Å². The summed E-state index contributed by atoms with van der Waals surface area (Å²) in [5.74, 6) is 1.82. The van der Waals surface area contributed by atoms with Gasteiger partial charge in [0.25, 0.3) is 0 Å². The molecule has 1 aliphatic carbocycles. The van der Waals surface area contributed by atoms with Gasteiger partial charge in [-0.05, 0) is 40.5 Å². The van der Waals surface area contributed by atoms with Crippen LogP contribution in [-0.2, 0) is 14.9 Å². The van der Waals surface area contributed by atoms with Crippen LogP contribution in [0.25, 0.3) is 10.8 Å². The van der Waals surface area contributed by atoms with E-state index in [1.54, 1.807) is 7.11 Å². The first-order chi connectivity index (χ1) is 15.7. The molecule has 2 unspecified atom stereocenters. The molecule has 32 heavy (non-hydrogen) atoms. The molecule has 6 rings (SSSR count). The summed E-state index contributed by atoms with van der Waals surface area (Å²) in [6.45, 7) is 0.581. The number of ether oxygens (including phenoxy) is 2. The van der Waals surface area contributed by atoms with Crippen molar-refractivity contribution >= 4 is 10.8 Å². The molecule has 2 aliphatic heterocycles. The number of allylic oxidation sites excluding steroid dienone is 3. The Morgan fingerprint density at radius 1 is 0.875 bits per heavy atom. The van der Waals surface area contributed by atoms with Crippen molar-refractivity contribution in [3.63, 3.8) is 0 Å². The average Bonchev–Trinajstić information content (AvgIpc) is 2.87. The third-order valence-corrected chi connectivity index (χ3v) is 7.11. The zero-order valence-electron chi connectivity index (χ0n) is 18.0. The molecule has 158 valence electrons. The molecule has 2 heterocycles. The first-order valence-electron chi connectivity index (χ1n) is 11.0. The van der Waals surface area contributed by atoms with Crippen LogP contribution in [0.2, 0.25) is 0 Å². The largest absolute Gasteiger partial charge is 0.496 e. The first-order valence-corrected chi connectivity index (χ1v) is 11.0. The van der Waals surface area contributed by atoms with Crippen LogP contribution in [0.4, 0.5) is 0 Å². The predicted octanol–water partition coefficient (Wildman–Crippen LogP) is 5.76. The van der Waals surface area contributed by atoms with Crippen molar-refractivity contribution < 1.29 is 9.47 Å². The van der Waals surface area contributed by atoms with E-state index in [4.69, 9.17) is 9.47 Å². The van der Waals surface area contributed by atoms with Crippen LogP contribution in [0.3, 0.4) is 0 Å². The van der Waals surface area contributed by atoms with Gasteiger partial charge in [-0.3, -0.25) is 0 Å². The summed E-state index contributed by atoms with van der Waals surface area (Å²) < 4.78 is 12.4. The highest BCUT2D eigenvalue weighted by atomic mass is 16.5. The topological polar surface area (TPSA) is 30.5 Å². The van der Waals surface area contributed by atoms with Crippen LogP contribution < -0.4 is 5.32 Å². The number of methoxy groups -OCH3 is 1. The number of hydrogen-bond acceptors (Lipinski definition) is 3. The van der Waals surface area contributed by atoms with E-state index < -0.39 is 5.54 Å². The van der Waals surface area contributed by atoms with Gasteiger partial charge in [-0.15, -0.1) is 0 Å². The average molecular weight is 420 g/mol. The molecule has 0 aromatic heterocycles. The van der Waals surface area contributed by atoms with E-state index in [1.165, 1.54) is 21.9 Å². The fourth-order valence-corrected chi connectivity index (χ4v) is 5.51. The highest BCUT2D eigenvalue weighted by molar-refractivity contribution is 5.83. The molecule has 1 saturated heterocycles. The van der Waals surface area contributed by atoms with Gasteiger partial charge >= 0.3 is 0 Å². The van der Waals surface area contributed by atoms with Gasteiger partial charge < -0.3 is 14.8 Å². The Bertz CT molecular complexity index is 1320. The first kappa shape index (κ1) is 19.0. The van der Waals surface area contributed by atoms with Crippen LogP contribution in [0.1, 0.15) is 17.5 Å². The molecule has 3 nitrogen and oxygen atoms in total. The fourth-order valence-electron chi connectivity index (χ4n) is 5.51. The van der Waals surface area contributed by atoms with Crippen molar-refractivity contribution in [2.45, 2.75) is 17.4 Å². The Labute approximate surface area is 188 Å². The molecule has 3 aromatic carbocycles. The maximum Gasteiger partial charge on any atom is 0.126 e. The second kappa shape index (κ2) is 7.16. The molecular weight excluding hydrogens is 394 g/mol. The van der Waals surface area contributed by atoms with Crippen molar-refractivity contribution in [2.24, 2.45) is 0 Å². The van der Waals surface area contributed by atoms with E-state index in [1.807, 2.05) is 18.4 Å². The maximum absolute atomic E-state index is 6.60. The van der Waals surface area contributed by atoms with Gasteiger partial charge in [0.15, 0.2) is 0 Å². The van der Waals surface area contributed by atoms with Crippen molar-refractivity contribution in [2.75, 3.05) is 13.7 Å². The fraction of sp³-hybridized carbons (Fsp3) is 0.172. The lowest BCUT2D eigenvalue weighted by atomic mass is 9.62. The molecule has 1 N–H and O–H groups in total. The molecular formula is C29H25NO2. The van der Waals surface area contributed by atoms with Crippen molar-refractivity contribution in [1.29, 1.82) is 0 Å². The quantitative estimate of drug-likeness (QED) is 0.586. The summed E-state index contributed by atoms with van der Waals surface area (Å²) >= 11 is 0. The Balaban J connectivity index is 1.58. The van der Waals surface area contributed by atoms with E-state index in [0.717, 1.165) is 23.5 Å². The van der Waals surface area contributed by atoms with Crippen LogP contribution in [0.5, 0.6) is 0 Å². The minimum atomic E-state index is -0.478. The zero-order valence-corrected chi connectivity index (χ0v) is 18.0. The number of rotatable bonds is 3. The van der Waals surface area contributed by atoms with Gasteiger partial charge in [-0.1, -0.05) is 84.9 Å². The number of hydrogen-bond donors (Lipinski definition) is 1. The SMILES string of the molecule is COC1=C2C=CC=C3OCC(c4ccccc4)(c4ccc5ccccc5c4)CC32NC=C1. The summed E-state index contributed by atoms with van der Waals surface area (Å²) in [6.07, 6.45) is 11.1. The maximum atomic E-state index is 6.60. The van der Waals surface area contributed by atoms with Crippen molar-refractivity contribution in [3.8, 4) is 0 Å². The van der Waals surface area contributed by atoms with E-state index in [9.17, 15) is 0 Å². The molecule has 0 bridgehead atoms. The van der Waals surface area contributed by atoms with Gasteiger partial charge in [0.2, 0.25) is 0 Å². The lowest BCUT2D eigenvalue weighted by Gasteiger charge is -2.52. The monoisotopic (exact) mass is 419 g/mol. The third-order valence-electron chi connectivity index (χ3n) is 7.11. The number of dihydropyridines is 1. The highest BCUT2D eigenvalue weighted by Crippen LogP contribution is 2.51. The van der Waals surface area contributed by atoms with Gasteiger partial charge in [0.1, 0.15) is 23.7 Å². The lowest BCUT2D eigenvalue weighted by molar-refractivity contribution is 0.0592. The third kappa shape index (κ3) is 2.67. The van der Waals surface area contributed by atoms with Crippen LogP contribution in [-0.4, -0.2) is 19.3 Å². The second-order valence-electron chi connectivity index (χ2n) is 8.73. The van der Waals surface area contributed by atoms with Gasteiger partial charge in [-0.2, -0.15) is 0 Å². The minimum Gasteiger partial charge on any atom is -0.496 e. The standard InChI is InChI=1S/C29H25NO2/c1-31-26-16-17-30-29-19-28(23-10-3-2-4-11-23,20-32-27(29)13-7-12-25(26)29)24-15-14-21-8-5-6-9-22(21)18-24/h2-18,30H,19-20H2,1H3. The smallest absolute Gasteiger partial charge is 0.126 e. The predicted molar refractivity (Wildman–Crippen MR) is 128 cm³/mol. The van der Waals surface area contributed by atoms with Gasteiger partial charge in [0, 0.05) is 11.8 Å². The normalized spacial score (nSPS) is 26.0. The summed E-state index contributed by atoms with van der Waals surface area (Å²) in [7, 11) is 1.73. The summed E-state index contributed by atoms with van der Waals surface area (Å²) in [6, 6.07) is 26.1. The Morgan fingerprint density at radius 3 is 2.53 bits per heavy atom. The molecule has 3 aliphatic rings. The summed E-state index contributed by atoms with van der Waals surface area (Å²) in [4.78, 5) is 0. The number of nitrogens with one attached hydrogen (secondary N) is 1. The molecule has 3 aromatic rings. The molecule has 1 spiro atoms. The van der Waals surface area contributed by atoms with E-state index in [2.05, 4.69) is 90.3 Å². The summed E-state index contributed by atoms with van der Waals surface area (Å²) in [5, 5.41) is 6.16. The molecule has 0 saturated carbocycles. The minimum absolute atomic E-state index is 0.323. The van der Waals surface area contributed by atoms with Gasteiger partial charge in [0.05, 0.1) is 12.5 Å². The molecule has 2 atom stereocenters. The number of fused-ring (bicyclic) bond motifs is 1. The van der Waals surface area contributed by atoms with Crippen molar-refractivity contribution in [1.82, 2.24) is 5.32 Å². The molecule has 3 heteroatoms.